The summed E-state index contributed by atoms with van der Waals surface area (Å²) in [6.45, 7) is 3.52. The van der Waals surface area contributed by atoms with E-state index in [1.54, 1.807) is 25.5 Å². The highest BCUT2D eigenvalue weighted by Crippen LogP contribution is 2.38. The lowest BCUT2D eigenvalue weighted by Crippen LogP contribution is -2.28. The predicted octanol–water partition coefficient (Wildman–Crippen LogP) is 2.28. The fraction of sp³-hybridized carbons (Fsp3) is 0.348. The normalized spacial score (nSPS) is 18.8. The van der Waals surface area contributed by atoms with Crippen LogP contribution in [0.25, 0.3) is 10.9 Å². The number of nitrogens with zero attached hydrogens (tertiary/aromatic N) is 5. The van der Waals surface area contributed by atoms with Crippen molar-refractivity contribution in [3.05, 3.63) is 35.8 Å². The minimum absolute atomic E-state index is 0.0232. The number of fused-ring (bicyclic) bond motifs is 2. The molecular weight excluding hydrogens is 406 g/mol. The molecule has 5 rings (SSSR count). The molecule has 9 heteroatoms. The van der Waals surface area contributed by atoms with Gasteiger partial charge in [0.25, 0.3) is 0 Å². The van der Waals surface area contributed by atoms with Crippen LogP contribution >= 0.6 is 0 Å². The minimum atomic E-state index is -0.0232. The Morgan fingerprint density at radius 2 is 2.06 bits per heavy atom. The molecule has 3 aromatic heterocycles. The van der Waals surface area contributed by atoms with Crippen molar-refractivity contribution in [2.75, 3.05) is 42.8 Å². The van der Waals surface area contributed by atoms with E-state index in [1.807, 2.05) is 13.1 Å². The molecule has 4 heterocycles. The number of amides is 1. The van der Waals surface area contributed by atoms with Crippen LogP contribution in [0.5, 0.6) is 5.75 Å². The van der Waals surface area contributed by atoms with Gasteiger partial charge in [-0.25, -0.2) is 9.97 Å². The van der Waals surface area contributed by atoms with Gasteiger partial charge in [0.1, 0.15) is 23.6 Å². The van der Waals surface area contributed by atoms with Crippen molar-refractivity contribution in [1.29, 1.82) is 0 Å². The third-order valence-corrected chi connectivity index (χ3v) is 5.83. The third-order valence-electron chi connectivity index (χ3n) is 5.83. The van der Waals surface area contributed by atoms with Gasteiger partial charge in [0.05, 0.1) is 24.0 Å². The highest BCUT2D eigenvalue weighted by atomic mass is 16.5. The summed E-state index contributed by atoms with van der Waals surface area (Å²) in [5, 5.41) is 15.1. The molecule has 2 N–H and O–H groups in total. The number of ether oxygens (including phenoxy) is 1. The first-order chi connectivity index (χ1) is 15.5. The van der Waals surface area contributed by atoms with Gasteiger partial charge in [-0.3, -0.25) is 4.79 Å². The molecule has 0 spiro atoms. The Hall–Kier alpha value is -3.93. The number of hydrogen-bond acceptors (Lipinski definition) is 8. The number of carbonyl (C=O) groups excluding carboxylic acids is 1. The van der Waals surface area contributed by atoms with Crippen LogP contribution in [0.4, 0.5) is 17.3 Å². The van der Waals surface area contributed by atoms with E-state index >= 15 is 0 Å². The highest BCUT2D eigenvalue weighted by Gasteiger charge is 2.39. The summed E-state index contributed by atoms with van der Waals surface area (Å²) in [6.07, 6.45) is 4.36. The first-order valence-corrected chi connectivity index (χ1v) is 10.5. The Morgan fingerprint density at radius 1 is 1.22 bits per heavy atom. The van der Waals surface area contributed by atoms with Crippen LogP contribution in [-0.2, 0) is 4.79 Å². The molecule has 1 aliphatic heterocycles. The van der Waals surface area contributed by atoms with Crippen molar-refractivity contribution in [1.82, 2.24) is 20.2 Å². The summed E-state index contributed by atoms with van der Waals surface area (Å²) >= 11 is 0. The molecule has 32 heavy (non-hydrogen) atoms. The maximum absolute atomic E-state index is 12.3. The second-order valence-corrected chi connectivity index (χ2v) is 8.13. The highest BCUT2D eigenvalue weighted by molar-refractivity contribution is 5.97. The van der Waals surface area contributed by atoms with E-state index in [4.69, 9.17) is 4.74 Å². The molecule has 1 saturated carbocycles. The van der Waals surface area contributed by atoms with E-state index in [9.17, 15) is 4.79 Å². The monoisotopic (exact) mass is 429 g/mol. The summed E-state index contributed by atoms with van der Waals surface area (Å²) in [6, 6.07) is 3.63. The van der Waals surface area contributed by atoms with E-state index in [1.165, 1.54) is 0 Å². The van der Waals surface area contributed by atoms with Gasteiger partial charge in [0, 0.05) is 37.7 Å². The molecule has 0 unspecified atom stereocenters. The third kappa shape index (κ3) is 3.75. The van der Waals surface area contributed by atoms with Crippen molar-refractivity contribution >= 4 is 34.1 Å². The number of carbonyl (C=O) groups is 1. The first kappa shape index (κ1) is 20.0. The van der Waals surface area contributed by atoms with E-state index < -0.39 is 0 Å². The van der Waals surface area contributed by atoms with E-state index in [2.05, 4.69) is 54.5 Å². The van der Waals surface area contributed by atoms with Crippen molar-refractivity contribution < 1.29 is 9.53 Å². The smallest absolute Gasteiger partial charge is 0.228 e. The van der Waals surface area contributed by atoms with Gasteiger partial charge in [-0.1, -0.05) is 12.8 Å². The van der Waals surface area contributed by atoms with E-state index in [0.29, 0.717) is 40.9 Å². The van der Waals surface area contributed by atoms with Gasteiger partial charge in [-0.05, 0) is 24.3 Å². The molecular formula is C23H23N7O2. The topological polar surface area (TPSA) is 105 Å². The van der Waals surface area contributed by atoms with E-state index in [0.717, 1.165) is 29.8 Å². The molecule has 162 valence electrons. The van der Waals surface area contributed by atoms with Crippen LogP contribution in [0.1, 0.15) is 24.6 Å². The summed E-state index contributed by atoms with van der Waals surface area (Å²) in [5.41, 5.74) is 2.80. The van der Waals surface area contributed by atoms with Crippen LogP contribution in [-0.4, -0.2) is 53.3 Å². The molecule has 1 aliphatic carbocycles. The van der Waals surface area contributed by atoms with Crippen LogP contribution in [0.3, 0.4) is 0 Å². The zero-order chi connectivity index (χ0) is 22.2. The molecule has 1 amide bonds. The summed E-state index contributed by atoms with van der Waals surface area (Å²) in [4.78, 5) is 23.3. The lowest BCUT2D eigenvalue weighted by atomic mass is 10.1. The number of rotatable bonds is 3. The van der Waals surface area contributed by atoms with Crippen molar-refractivity contribution in [3.63, 3.8) is 0 Å². The van der Waals surface area contributed by atoms with Crippen LogP contribution in [0, 0.1) is 23.7 Å². The van der Waals surface area contributed by atoms with Crippen LogP contribution in [0.2, 0.25) is 0 Å². The van der Waals surface area contributed by atoms with Crippen molar-refractivity contribution in [3.8, 4) is 17.6 Å². The molecule has 9 nitrogen and oxygen atoms in total. The lowest BCUT2D eigenvalue weighted by Gasteiger charge is -2.27. The molecule has 1 fully saturated rings. The van der Waals surface area contributed by atoms with Gasteiger partial charge in [0.15, 0.2) is 11.6 Å². The number of likely N-dealkylation sites (N-methyl/N-ethyl adjacent to an activating group) is 1. The Labute approximate surface area is 185 Å². The van der Waals surface area contributed by atoms with Gasteiger partial charge in [0.2, 0.25) is 5.91 Å². The molecule has 0 radical (unpaired) electrons. The largest absolute Gasteiger partial charge is 0.489 e. The van der Waals surface area contributed by atoms with Crippen LogP contribution < -0.4 is 20.3 Å². The zero-order valence-corrected chi connectivity index (χ0v) is 18.1. The maximum Gasteiger partial charge on any atom is 0.228 e. The van der Waals surface area contributed by atoms with Gasteiger partial charge in [-0.2, -0.15) is 0 Å². The first-order valence-electron chi connectivity index (χ1n) is 10.5. The molecule has 2 aliphatic rings. The SMILES string of the molecule is CNc1ncc(C#Cc2cc3c(cn2)N(C)CCO3)c2cc(NC(=O)[C@H]3C[C@H]3C)nnc12. The lowest BCUT2D eigenvalue weighted by molar-refractivity contribution is -0.117. The summed E-state index contributed by atoms with van der Waals surface area (Å²) in [7, 11) is 3.78. The minimum Gasteiger partial charge on any atom is -0.489 e. The predicted molar refractivity (Wildman–Crippen MR) is 122 cm³/mol. The molecule has 0 saturated heterocycles. The molecule has 2 atom stereocenters. The number of hydrogen-bond donors (Lipinski definition) is 2. The Morgan fingerprint density at radius 3 is 2.84 bits per heavy atom. The Balaban J connectivity index is 1.50. The molecule has 0 aromatic carbocycles. The quantitative estimate of drug-likeness (QED) is 0.611. The maximum atomic E-state index is 12.3. The van der Waals surface area contributed by atoms with Gasteiger partial charge >= 0.3 is 0 Å². The summed E-state index contributed by atoms with van der Waals surface area (Å²) < 4.78 is 5.74. The number of pyridine rings is 2. The number of aromatic nitrogens is 4. The van der Waals surface area contributed by atoms with Gasteiger partial charge in [-0.15, -0.1) is 10.2 Å². The number of nitrogens with one attached hydrogen (secondary N) is 2. The second kappa shape index (κ2) is 7.96. The Bertz CT molecular complexity index is 1280. The Kier molecular flexibility index (Phi) is 4.98. The second-order valence-electron chi connectivity index (χ2n) is 8.13. The fourth-order valence-corrected chi connectivity index (χ4v) is 3.73. The standard InChI is InChI=1S/C23H23N7O2/c1-13-8-16(13)23(31)27-20-10-17-14(11-26-22(24-2)21(17)29-28-20)4-5-15-9-19-18(12-25-15)30(3)6-7-32-19/h9-13,16H,6-8H2,1-3H3,(H,24,26)(H,27,28,31)/t13-,16+/m1/s1. The average molecular weight is 429 g/mol. The van der Waals surface area contributed by atoms with Crippen molar-refractivity contribution in [2.24, 2.45) is 11.8 Å². The van der Waals surface area contributed by atoms with Crippen LogP contribution in [0.15, 0.2) is 24.5 Å². The number of anilines is 3. The van der Waals surface area contributed by atoms with E-state index in [-0.39, 0.29) is 11.8 Å². The average Bonchev–Trinajstić information content (AvgIpc) is 3.54. The fourth-order valence-electron chi connectivity index (χ4n) is 3.73. The van der Waals surface area contributed by atoms with Crippen molar-refractivity contribution in [2.45, 2.75) is 13.3 Å². The zero-order valence-electron chi connectivity index (χ0n) is 18.1. The van der Waals surface area contributed by atoms with Gasteiger partial charge < -0.3 is 20.3 Å². The molecule has 0 bridgehead atoms. The summed E-state index contributed by atoms with van der Waals surface area (Å²) in [5.74, 6) is 8.45. The molecule has 3 aromatic rings.